The van der Waals surface area contributed by atoms with Crippen molar-refractivity contribution in [3.63, 3.8) is 0 Å². The van der Waals surface area contributed by atoms with Crippen molar-refractivity contribution in [1.29, 1.82) is 0 Å². The smallest absolute Gasteiger partial charge is 0.0157 e. The van der Waals surface area contributed by atoms with Gasteiger partial charge in [-0.1, -0.05) is 110 Å². The summed E-state index contributed by atoms with van der Waals surface area (Å²) in [5.74, 6) is 5.50. The predicted molar refractivity (Wildman–Crippen MR) is 140 cm³/mol. The molecule has 8 unspecified atom stereocenters. The fraction of sp³-hybridized carbons (Fsp3) is 0.812. The number of fused-ring (bicyclic) bond motifs is 3. The molecule has 0 radical (unpaired) electrons. The first-order valence-electron chi connectivity index (χ1n) is 14.5. The molecule has 0 N–H and O–H groups in total. The topological polar surface area (TPSA) is 0 Å². The second kappa shape index (κ2) is 10.2. The van der Waals surface area contributed by atoms with Gasteiger partial charge in [-0.2, -0.15) is 0 Å². The Hall–Kier alpha value is -0.780. The fourth-order valence-electron chi connectivity index (χ4n) is 9.36. The Bertz CT molecular complexity index is 706. The summed E-state index contributed by atoms with van der Waals surface area (Å²) < 4.78 is 0. The van der Waals surface area contributed by atoms with Crippen molar-refractivity contribution >= 4 is 0 Å². The van der Waals surface area contributed by atoms with Crippen LogP contribution in [0.2, 0.25) is 0 Å². The molecular weight excluding hydrogens is 384 g/mol. The summed E-state index contributed by atoms with van der Waals surface area (Å²) in [6.45, 7) is 12.8. The summed E-state index contributed by atoms with van der Waals surface area (Å²) in [7, 11) is 0. The normalized spacial score (nSPS) is 38.7. The van der Waals surface area contributed by atoms with Crippen molar-refractivity contribution in [3.05, 3.63) is 35.9 Å². The van der Waals surface area contributed by atoms with Crippen LogP contribution in [0.15, 0.2) is 30.3 Å². The minimum atomic E-state index is 0.517. The van der Waals surface area contributed by atoms with E-state index in [0.717, 1.165) is 29.6 Å². The van der Waals surface area contributed by atoms with Gasteiger partial charge in [0.2, 0.25) is 0 Å². The van der Waals surface area contributed by atoms with Crippen LogP contribution in [0.1, 0.15) is 130 Å². The molecule has 0 spiro atoms. The number of benzene rings is 1. The second-order valence-electron chi connectivity index (χ2n) is 12.8. The van der Waals surface area contributed by atoms with Gasteiger partial charge in [-0.3, -0.25) is 0 Å². The molecule has 0 heterocycles. The van der Waals surface area contributed by atoms with E-state index in [9.17, 15) is 0 Å². The first-order valence-corrected chi connectivity index (χ1v) is 14.5. The Morgan fingerprint density at radius 1 is 0.938 bits per heavy atom. The summed E-state index contributed by atoms with van der Waals surface area (Å²) in [4.78, 5) is 0. The molecule has 3 saturated carbocycles. The highest BCUT2D eigenvalue weighted by Crippen LogP contribution is 2.68. The molecule has 3 fully saturated rings. The highest BCUT2D eigenvalue weighted by Gasteiger charge is 2.59. The Labute approximate surface area is 200 Å². The fourth-order valence-corrected chi connectivity index (χ4v) is 9.36. The van der Waals surface area contributed by atoms with Crippen molar-refractivity contribution in [3.8, 4) is 0 Å². The Morgan fingerprint density at radius 3 is 2.44 bits per heavy atom. The standard InChI is InChI=1S/C32H52/c1-6-14-25(7-2)15-13-22-32(5)28(24(3)26-16-9-8-10-17-26)20-19-27-29-18-11-12-21-31(29,4)23-30(27)32/h8-10,16-17,24-25,27-30H,6-7,11-15,18-23H2,1-5H3. The van der Waals surface area contributed by atoms with E-state index < -0.39 is 0 Å². The van der Waals surface area contributed by atoms with E-state index in [0.29, 0.717) is 16.7 Å². The average Bonchev–Trinajstić information content (AvgIpc) is 3.12. The molecule has 8 atom stereocenters. The Morgan fingerprint density at radius 2 is 1.72 bits per heavy atom. The van der Waals surface area contributed by atoms with Crippen LogP contribution in [-0.4, -0.2) is 0 Å². The third kappa shape index (κ3) is 4.59. The molecular formula is C32H52. The van der Waals surface area contributed by atoms with Crippen molar-refractivity contribution in [1.82, 2.24) is 0 Å². The first-order chi connectivity index (χ1) is 15.4. The number of hydrogen-bond acceptors (Lipinski definition) is 0. The minimum Gasteiger partial charge on any atom is -0.0654 e. The van der Waals surface area contributed by atoms with Gasteiger partial charge in [0.15, 0.2) is 0 Å². The molecule has 0 aliphatic heterocycles. The van der Waals surface area contributed by atoms with Gasteiger partial charge in [0.05, 0.1) is 0 Å². The lowest BCUT2D eigenvalue weighted by atomic mass is 9.52. The quantitative estimate of drug-likeness (QED) is 0.361. The van der Waals surface area contributed by atoms with Crippen LogP contribution in [0.4, 0.5) is 0 Å². The van der Waals surface area contributed by atoms with Gasteiger partial charge in [-0.15, -0.1) is 0 Å². The maximum Gasteiger partial charge on any atom is -0.0157 e. The molecule has 0 heteroatoms. The van der Waals surface area contributed by atoms with Gasteiger partial charge < -0.3 is 0 Å². The monoisotopic (exact) mass is 436 g/mol. The molecule has 32 heavy (non-hydrogen) atoms. The van der Waals surface area contributed by atoms with Gasteiger partial charge in [-0.25, -0.2) is 0 Å². The minimum absolute atomic E-state index is 0.517. The summed E-state index contributed by atoms with van der Waals surface area (Å²) in [5, 5.41) is 0. The van der Waals surface area contributed by atoms with Crippen molar-refractivity contribution in [2.75, 3.05) is 0 Å². The highest BCUT2D eigenvalue weighted by atomic mass is 14.6. The lowest BCUT2D eigenvalue weighted by Crippen LogP contribution is -2.44. The Kier molecular flexibility index (Phi) is 7.78. The van der Waals surface area contributed by atoms with Crippen LogP contribution in [0.5, 0.6) is 0 Å². The lowest BCUT2D eigenvalue weighted by Gasteiger charge is -2.53. The van der Waals surface area contributed by atoms with E-state index in [1.165, 1.54) is 83.5 Å². The summed E-state index contributed by atoms with van der Waals surface area (Å²) in [6, 6.07) is 11.5. The molecule has 0 saturated heterocycles. The van der Waals surface area contributed by atoms with Gasteiger partial charge in [0, 0.05) is 0 Å². The maximum atomic E-state index is 2.77. The molecule has 4 rings (SSSR count). The molecule has 1 aromatic carbocycles. The number of rotatable bonds is 9. The zero-order chi connectivity index (χ0) is 22.8. The second-order valence-corrected chi connectivity index (χ2v) is 12.8. The zero-order valence-electron chi connectivity index (χ0n) is 22.0. The molecule has 0 aromatic heterocycles. The largest absolute Gasteiger partial charge is 0.0654 e. The van der Waals surface area contributed by atoms with Crippen LogP contribution in [0, 0.1) is 40.4 Å². The van der Waals surface area contributed by atoms with Crippen molar-refractivity contribution in [2.24, 2.45) is 40.4 Å². The van der Waals surface area contributed by atoms with Gasteiger partial charge in [0.1, 0.15) is 0 Å². The van der Waals surface area contributed by atoms with E-state index in [1.54, 1.807) is 5.56 Å². The van der Waals surface area contributed by atoms with E-state index >= 15 is 0 Å². The van der Waals surface area contributed by atoms with Crippen LogP contribution in [-0.2, 0) is 0 Å². The Balaban J connectivity index is 1.59. The zero-order valence-corrected chi connectivity index (χ0v) is 22.0. The maximum absolute atomic E-state index is 2.77. The molecule has 180 valence electrons. The molecule has 1 aromatic rings. The van der Waals surface area contributed by atoms with Crippen LogP contribution in [0.25, 0.3) is 0 Å². The molecule has 0 bridgehead atoms. The summed E-state index contributed by atoms with van der Waals surface area (Å²) in [5.41, 5.74) is 2.75. The third-order valence-corrected chi connectivity index (χ3v) is 11.2. The van der Waals surface area contributed by atoms with E-state index in [-0.39, 0.29) is 0 Å². The first kappa shape index (κ1) is 24.3. The predicted octanol–water partition coefficient (Wildman–Crippen LogP) is 10.0. The summed E-state index contributed by atoms with van der Waals surface area (Å²) >= 11 is 0. The highest BCUT2D eigenvalue weighted by molar-refractivity contribution is 5.22. The SMILES string of the molecule is CCCC(CC)CCCC1(C)C(C(C)c2ccccc2)CCC2C3CCCCC3(C)CC21. The molecule has 0 nitrogen and oxygen atoms in total. The average molecular weight is 437 g/mol. The van der Waals surface area contributed by atoms with Crippen LogP contribution < -0.4 is 0 Å². The summed E-state index contributed by atoms with van der Waals surface area (Å²) in [6.07, 6.45) is 19.1. The van der Waals surface area contributed by atoms with Crippen LogP contribution >= 0.6 is 0 Å². The van der Waals surface area contributed by atoms with Gasteiger partial charge in [0.25, 0.3) is 0 Å². The van der Waals surface area contributed by atoms with E-state index in [2.05, 4.69) is 65.0 Å². The lowest BCUT2D eigenvalue weighted by molar-refractivity contribution is -0.0203. The van der Waals surface area contributed by atoms with Crippen molar-refractivity contribution < 1.29 is 0 Å². The molecule has 3 aliphatic rings. The van der Waals surface area contributed by atoms with Crippen LogP contribution in [0.3, 0.4) is 0 Å². The number of hydrogen-bond donors (Lipinski definition) is 0. The third-order valence-electron chi connectivity index (χ3n) is 11.2. The van der Waals surface area contributed by atoms with E-state index in [1.807, 2.05) is 0 Å². The van der Waals surface area contributed by atoms with Crippen molar-refractivity contribution in [2.45, 2.75) is 124 Å². The van der Waals surface area contributed by atoms with Gasteiger partial charge in [-0.05, 0) is 90.4 Å². The van der Waals surface area contributed by atoms with Gasteiger partial charge >= 0.3 is 0 Å². The van der Waals surface area contributed by atoms with E-state index in [4.69, 9.17) is 0 Å². The molecule has 3 aliphatic carbocycles. The molecule has 0 amide bonds.